The molecule has 2 aromatic rings. The highest BCUT2D eigenvalue weighted by atomic mass is 79.9. The molecular formula is C11H9Br3N2O2S2. The Kier molecular flexibility index (Phi) is 5.30. The summed E-state index contributed by atoms with van der Waals surface area (Å²) >= 11 is 11.3. The van der Waals surface area contributed by atoms with Gasteiger partial charge in [0.15, 0.2) is 0 Å². The first kappa shape index (κ1) is 16.4. The summed E-state index contributed by atoms with van der Waals surface area (Å²) in [5, 5.41) is 1.71. The normalized spacial score (nSPS) is 11.6. The van der Waals surface area contributed by atoms with Crippen molar-refractivity contribution < 1.29 is 8.42 Å². The Morgan fingerprint density at radius 3 is 2.35 bits per heavy atom. The average Bonchev–Trinajstić information content (AvgIpc) is 2.83. The lowest BCUT2D eigenvalue weighted by atomic mass is 10.3. The molecule has 108 valence electrons. The third-order valence-electron chi connectivity index (χ3n) is 2.42. The second kappa shape index (κ2) is 6.45. The van der Waals surface area contributed by atoms with Gasteiger partial charge in [0.25, 0.3) is 10.0 Å². The maximum atomic E-state index is 12.4. The van der Waals surface area contributed by atoms with Crippen LogP contribution in [0.2, 0.25) is 0 Å². The molecule has 0 unspecified atom stereocenters. The van der Waals surface area contributed by atoms with E-state index >= 15 is 0 Å². The SMILES string of the molecule is NCc1sccc1S(=O)(=O)Nc1c(Br)cc(Br)cc1Br. The molecule has 9 heteroatoms. The zero-order valence-corrected chi connectivity index (χ0v) is 16.3. The van der Waals surface area contributed by atoms with E-state index < -0.39 is 10.0 Å². The molecule has 0 aliphatic heterocycles. The van der Waals surface area contributed by atoms with Crippen LogP contribution in [-0.4, -0.2) is 8.42 Å². The number of hydrogen-bond donors (Lipinski definition) is 2. The number of rotatable bonds is 4. The lowest BCUT2D eigenvalue weighted by Gasteiger charge is -2.12. The molecule has 4 nitrogen and oxygen atoms in total. The van der Waals surface area contributed by atoms with Crippen molar-refractivity contribution in [3.05, 3.63) is 41.9 Å². The summed E-state index contributed by atoms with van der Waals surface area (Å²) in [5.74, 6) is 0. The Hall–Kier alpha value is 0.0700. The van der Waals surface area contributed by atoms with Crippen LogP contribution < -0.4 is 10.5 Å². The van der Waals surface area contributed by atoms with Crippen LogP contribution in [0.1, 0.15) is 4.88 Å². The molecule has 1 heterocycles. The fourth-order valence-corrected chi connectivity index (χ4v) is 6.70. The van der Waals surface area contributed by atoms with Gasteiger partial charge < -0.3 is 5.73 Å². The van der Waals surface area contributed by atoms with Crippen molar-refractivity contribution >= 4 is 74.8 Å². The molecule has 20 heavy (non-hydrogen) atoms. The van der Waals surface area contributed by atoms with Gasteiger partial charge in [-0.25, -0.2) is 8.42 Å². The molecule has 2 rings (SSSR count). The van der Waals surface area contributed by atoms with Crippen LogP contribution in [0.15, 0.2) is 41.9 Å². The summed E-state index contributed by atoms with van der Waals surface area (Å²) in [6, 6.07) is 5.08. The summed E-state index contributed by atoms with van der Waals surface area (Å²) in [7, 11) is -3.67. The van der Waals surface area contributed by atoms with Crippen LogP contribution in [0.5, 0.6) is 0 Å². The standard InChI is InChI=1S/C11H9Br3N2O2S2/c12-6-3-7(13)11(8(14)4-6)16-20(17,18)10-1-2-19-9(10)5-15/h1-4,16H,5,15H2. The number of hydrogen-bond acceptors (Lipinski definition) is 4. The van der Waals surface area contributed by atoms with E-state index in [4.69, 9.17) is 5.73 Å². The van der Waals surface area contributed by atoms with Crippen LogP contribution in [0.3, 0.4) is 0 Å². The van der Waals surface area contributed by atoms with Gasteiger partial charge in [-0.3, -0.25) is 4.72 Å². The van der Waals surface area contributed by atoms with E-state index in [9.17, 15) is 8.42 Å². The number of nitrogens with two attached hydrogens (primary N) is 1. The minimum absolute atomic E-state index is 0.191. The second-order valence-electron chi connectivity index (χ2n) is 3.76. The maximum absolute atomic E-state index is 12.4. The number of sulfonamides is 1. The summed E-state index contributed by atoms with van der Waals surface area (Å²) in [6.07, 6.45) is 0. The van der Waals surface area contributed by atoms with Gasteiger partial charge in [-0.2, -0.15) is 0 Å². The van der Waals surface area contributed by atoms with Crippen molar-refractivity contribution in [1.82, 2.24) is 0 Å². The Morgan fingerprint density at radius 1 is 1.20 bits per heavy atom. The topological polar surface area (TPSA) is 72.2 Å². The molecule has 0 bridgehead atoms. The summed E-state index contributed by atoms with van der Waals surface area (Å²) in [6.45, 7) is 0.191. The van der Waals surface area contributed by atoms with Crippen LogP contribution in [0.4, 0.5) is 5.69 Å². The van der Waals surface area contributed by atoms with Crippen molar-refractivity contribution in [2.75, 3.05) is 4.72 Å². The molecule has 1 aromatic heterocycles. The molecular weight excluding hydrogens is 496 g/mol. The average molecular weight is 505 g/mol. The highest BCUT2D eigenvalue weighted by molar-refractivity contribution is 9.11. The lowest BCUT2D eigenvalue weighted by molar-refractivity contribution is 0.600. The van der Waals surface area contributed by atoms with Crippen molar-refractivity contribution in [2.45, 2.75) is 11.4 Å². The van der Waals surface area contributed by atoms with E-state index in [1.807, 2.05) is 0 Å². The molecule has 1 aromatic carbocycles. The van der Waals surface area contributed by atoms with Gasteiger partial charge in [-0.05, 0) is 55.4 Å². The Bertz CT molecular complexity index is 721. The number of anilines is 1. The van der Waals surface area contributed by atoms with Gasteiger partial charge >= 0.3 is 0 Å². The van der Waals surface area contributed by atoms with Crippen LogP contribution in [-0.2, 0) is 16.6 Å². The quantitative estimate of drug-likeness (QED) is 0.652. The number of thiophene rings is 1. The third-order valence-corrected chi connectivity index (χ3v) is 6.64. The van der Waals surface area contributed by atoms with Crippen LogP contribution in [0, 0.1) is 0 Å². The third kappa shape index (κ3) is 3.45. The smallest absolute Gasteiger partial charge is 0.263 e. The predicted octanol–water partition coefficient (Wildman–Crippen LogP) is 4.30. The van der Waals surface area contributed by atoms with Crippen LogP contribution >= 0.6 is 59.1 Å². The maximum Gasteiger partial charge on any atom is 0.263 e. The van der Waals surface area contributed by atoms with Gasteiger partial charge in [-0.15, -0.1) is 11.3 Å². The first-order valence-electron chi connectivity index (χ1n) is 5.29. The molecule has 0 saturated carbocycles. The van der Waals surface area contributed by atoms with E-state index in [2.05, 4.69) is 52.5 Å². The Balaban J connectivity index is 2.44. The van der Waals surface area contributed by atoms with E-state index in [0.717, 1.165) is 4.47 Å². The Morgan fingerprint density at radius 2 is 1.80 bits per heavy atom. The van der Waals surface area contributed by atoms with E-state index in [1.54, 1.807) is 23.6 Å². The minimum atomic E-state index is -3.67. The lowest BCUT2D eigenvalue weighted by Crippen LogP contribution is -2.15. The molecule has 0 aliphatic rings. The fourth-order valence-electron chi connectivity index (χ4n) is 1.55. The number of benzene rings is 1. The minimum Gasteiger partial charge on any atom is -0.326 e. The summed E-state index contributed by atoms with van der Waals surface area (Å²) in [4.78, 5) is 0.841. The van der Waals surface area contributed by atoms with E-state index in [1.165, 1.54) is 11.3 Å². The van der Waals surface area contributed by atoms with Crippen LogP contribution in [0.25, 0.3) is 0 Å². The van der Waals surface area contributed by atoms with E-state index in [-0.39, 0.29) is 11.4 Å². The van der Waals surface area contributed by atoms with Gasteiger partial charge in [0, 0.05) is 24.8 Å². The largest absolute Gasteiger partial charge is 0.326 e. The molecule has 0 amide bonds. The number of nitrogens with one attached hydrogen (secondary N) is 1. The van der Waals surface area contributed by atoms with Gasteiger partial charge in [0.05, 0.1) is 5.69 Å². The molecule has 0 spiro atoms. The first-order valence-corrected chi connectivity index (χ1v) is 10.0. The van der Waals surface area contributed by atoms with Crippen molar-refractivity contribution in [3.8, 4) is 0 Å². The molecule has 0 saturated heterocycles. The zero-order chi connectivity index (χ0) is 14.9. The molecule has 0 atom stereocenters. The fraction of sp³-hybridized carbons (Fsp3) is 0.0909. The predicted molar refractivity (Wildman–Crippen MR) is 92.6 cm³/mol. The van der Waals surface area contributed by atoms with Gasteiger partial charge in [0.1, 0.15) is 4.90 Å². The molecule has 0 aliphatic carbocycles. The highest BCUT2D eigenvalue weighted by Crippen LogP contribution is 2.36. The summed E-state index contributed by atoms with van der Waals surface area (Å²) < 4.78 is 29.5. The molecule has 3 N–H and O–H groups in total. The number of halogens is 3. The highest BCUT2D eigenvalue weighted by Gasteiger charge is 2.21. The van der Waals surface area contributed by atoms with Gasteiger partial charge in [-0.1, -0.05) is 15.9 Å². The van der Waals surface area contributed by atoms with Crippen molar-refractivity contribution in [1.29, 1.82) is 0 Å². The van der Waals surface area contributed by atoms with Crippen molar-refractivity contribution in [3.63, 3.8) is 0 Å². The first-order chi connectivity index (χ1) is 9.35. The van der Waals surface area contributed by atoms with E-state index in [0.29, 0.717) is 19.5 Å². The summed E-state index contributed by atoms with van der Waals surface area (Å²) in [5.41, 5.74) is 6.00. The molecule has 0 fully saturated rings. The second-order valence-corrected chi connectivity index (χ2v) is 9.04. The van der Waals surface area contributed by atoms with Crippen molar-refractivity contribution in [2.24, 2.45) is 5.73 Å². The Labute approximate surface area is 146 Å². The monoisotopic (exact) mass is 502 g/mol. The zero-order valence-electron chi connectivity index (χ0n) is 9.86. The molecule has 0 radical (unpaired) electrons. The van der Waals surface area contributed by atoms with Gasteiger partial charge in [0.2, 0.25) is 0 Å².